The predicted molar refractivity (Wildman–Crippen MR) is 163 cm³/mol. The lowest BCUT2D eigenvalue weighted by Crippen LogP contribution is -2.34. The number of halogens is 1. The third-order valence-electron chi connectivity index (χ3n) is 6.67. The molecule has 222 valence electrons. The SMILES string of the molecule is C=CCOC(=O)C1=C(C)Nc2nc(SCc3ccccc3Cl)nn2C1c1ccc(OCC(=O)N(CC)CC)c(OC)c1. The van der Waals surface area contributed by atoms with Crippen LogP contribution in [-0.4, -0.2) is 65.0 Å². The van der Waals surface area contributed by atoms with Crippen molar-refractivity contribution in [3.63, 3.8) is 0 Å². The molecule has 0 fully saturated rings. The van der Waals surface area contributed by atoms with Gasteiger partial charge >= 0.3 is 5.97 Å². The molecule has 0 aliphatic carbocycles. The Bertz CT molecular complexity index is 1490. The molecule has 4 rings (SSSR count). The minimum absolute atomic E-state index is 0.0577. The summed E-state index contributed by atoms with van der Waals surface area (Å²) in [4.78, 5) is 32.2. The van der Waals surface area contributed by atoms with Gasteiger partial charge in [-0.1, -0.05) is 60.3 Å². The maximum Gasteiger partial charge on any atom is 0.338 e. The molecule has 1 unspecified atom stereocenters. The van der Waals surface area contributed by atoms with Gasteiger partial charge in [-0.05, 0) is 50.1 Å². The molecule has 1 N–H and O–H groups in total. The highest BCUT2D eigenvalue weighted by Gasteiger charge is 2.36. The molecule has 0 saturated carbocycles. The number of aromatic nitrogens is 3. The number of hydrogen-bond donors (Lipinski definition) is 1. The lowest BCUT2D eigenvalue weighted by atomic mass is 9.95. The summed E-state index contributed by atoms with van der Waals surface area (Å²) in [6, 6.07) is 12.2. The molecule has 12 heteroatoms. The van der Waals surface area contributed by atoms with E-state index in [4.69, 9.17) is 30.9 Å². The molecule has 0 bridgehead atoms. The van der Waals surface area contributed by atoms with Gasteiger partial charge in [0.2, 0.25) is 11.1 Å². The van der Waals surface area contributed by atoms with Crippen LogP contribution in [0.4, 0.5) is 5.95 Å². The Morgan fingerprint density at radius 3 is 2.64 bits per heavy atom. The van der Waals surface area contributed by atoms with E-state index in [1.807, 2.05) is 44.2 Å². The lowest BCUT2D eigenvalue weighted by Gasteiger charge is -2.28. The van der Waals surface area contributed by atoms with Crippen molar-refractivity contribution in [2.24, 2.45) is 0 Å². The monoisotopic (exact) mass is 611 g/mol. The number of hydrogen-bond acceptors (Lipinski definition) is 9. The van der Waals surface area contributed by atoms with Gasteiger partial charge in [0.15, 0.2) is 18.1 Å². The van der Waals surface area contributed by atoms with Gasteiger partial charge in [-0.15, -0.1) is 5.10 Å². The lowest BCUT2D eigenvalue weighted by molar-refractivity contribution is -0.138. The summed E-state index contributed by atoms with van der Waals surface area (Å²) in [5.41, 5.74) is 2.60. The number of allylic oxidation sites excluding steroid dienone is 1. The number of carbonyl (C=O) groups excluding carboxylic acids is 2. The van der Waals surface area contributed by atoms with Crippen LogP contribution in [0.3, 0.4) is 0 Å². The molecule has 1 aliphatic rings. The van der Waals surface area contributed by atoms with Crippen LogP contribution in [0.5, 0.6) is 11.5 Å². The number of anilines is 1. The molecular weight excluding hydrogens is 578 g/mol. The average molecular weight is 612 g/mol. The summed E-state index contributed by atoms with van der Waals surface area (Å²) in [6.07, 6.45) is 1.51. The van der Waals surface area contributed by atoms with Crippen molar-refractivity contribution < 1.29 is 23.8 Å². The normalized spacial score (nSPS) is 14.1. The van der Waals surface area contributed by atoms with Crippen molar-refractivity contribution in [1.29, 1.82) is 0 Å². The van der Waals surface area contributed by atoms with Crippen molar-refractivity contribution in [1.82, 2.24) is 19.7 Å². The molecule has 0 saturated heterocycles. The van der Waals surface area contributed by atoms with E-state index in [1.165, 1.54) is 24.9 Å². The van der Waals surface area contributed by atoms with Gasteiger partial charge in [0, 0.05) is 29.6 Å². The summed E-state index contributed by atoms with van der Waals surface area (Å²) in [7, 11) is 1.52. The fraction of sp³-hybridized carbons (Fsp3) is 0.333. The van der Waals surface area contributed by atoms with Crippen molar-refractivity contribution in [2.75, 3.05) is 38.7 Å². The number of ether oxygens (including phenoxy) is 3. The Morgan fingerprint density at radius 1 is 1.19 bits per heavy atom. The number of likely N-dealkylation sites (N-methyl/N-ethyl adjacent to an activating group) is 1. The fourth-order valence-corrected chi connectivity index (χ4v) is 5.63. The molecule has 2 heterocycles. The fourth-order valence-electron chi connectivity index (χ4n) is 4.52. The summed E-state index contributed by atoms with van der Waals surface area (Å²) in [6.45, 7) is 10.4. The quantitative estimate of drug-likeness (QED) is 0.152. The maximum atomic E-state index is 13.3. The maximum absolute atomic E-state index is 13.3. The smallest absolute Gasteiger partial charge is 0.338 e. The third kappa shape index (κ3) is 6.91. The standard InChI is InChI=1S/C30H34ClN5O5S/c1-6-15-40-28(38)26-19(4)32-29-33-30(42-18-21-11-9-10-12-22(21)31)34-36(29)27(26)20-13-14-23(24(16-20)39-5)41-17-25(37)35(7-2)8-3/h6,9-14,16,27H,1,7-8,15,17-18H2,2-5H3,(H,32,33,34). The summed E-state index contributed by atoms with van der Waals surface area (Å²) in [5, 5.41) is 9.13. The van der Waals surface area contributed by atoms with Crippen LogP contribution in [0.2, 0.25) is 5.02 Å². The number of methoxy groups -OCH3 is 1. The van der Waals surface area contributed by atoms with E-state index in [-0.39, 0.29) is 19.1 Å². The first-order valence-electron chi connectivity index (χ1n) is 13.5. The second-order valence-electron chi connectivity index (χ2n) is 9.26. The van der Waals surface area contributed by atoms with Crippen LogP contribution in [0.15, 0.2) is 71.5 Å². The van der Waals surface area contributed by atoms with Crippen LogP contribution >= 0.6 is 23.4 Å². The van der Waals surface area contributed by atoms with E-state index >= 15 is 0 Å². The molecule has 42 heavy (non-hydrogen) atoms. The number of nitrogens with one attached hydrogen (secondary N) is 1. The highest BCUT2D eigenvalue weighted by atomic mass is 35.5. The summed E-state index contributed by atoms with van der Waals surface area (Å²) in [5.74, 6) is 1.22. The summed E-state index contributed by atoms with van der Waals surface area (Å²) < 4.78 is 18.6. The van der Waals surface area contributed by atoms with Crippen LogP contribution in [0.25, 0.3) is 0 Å². The van der Waals surface area contributed by atoms with Crippen molar-refractivity contribution >= 4 is 41.2 Å². The van der Waals surface area contributed by atoms with E-state index in [0.29, 0.717) is 63.3 Å². The highest BCUT2D eigenvalue weighted by Crippen LogP contribution is 2.40. The molecule has 10 nitrogen and oxygen atoms in total. The van der Waals surface area contributed by atoms with Crippen LogP contribution in [0.1, 0.15) is 37.9 Å². The van der Waals surface area contributed by atoms with Crippen molar-refractivity contribution in [2.45, 2.75) is 37.7 Å². The number of carbonyl (C=O) groups is 2. The zero-order chi connectivity index (χ0) is 30.2. The van der Waals surface area contributed by atoms with Gasteiger partial charge in [0.1, 0.15) is 12.6 Å². The number of fused-ring (bicyclic) bond motifs is 1. The third-order valence-corrected chi connectivity index (χ3v) is 7.93. The Kier molecular flexibility index (Phi) is 10.5. The average Bonchev–Trinajstić information content (AvgIpc) is 3.40. The molecule has 1 aromatic heterocycles. The number of benzene rings is 2. The Balaban J connectivity index is 1.68. The van der Waals surface area contributed by atoms with E-state index < -0.39 is 12.0 Å². The number of amides is 1. The first-order chi connectivity index (χ1) is 20.3. The summed E-state index contributed by atoms with van der Waals surface area (Å²) >= 11 is 7.77. The molecule has 2 aromatic carbocycles. The molecule has 3 aromatic rings. The number of rotatable bonds is 13. The topological polar surface area (TPSA) is 108 Å². The second-order valence-corrected chi connectivity index (χ2v) is 10.6. The zero-order valence-electron chi connectivity index (χ0n) is 24.1. The van der Waals surface area contributed by atoms with E-state index in [1.54, 1.807) is 28.6 Å². The Hall–Kier alpha value is -3.96. The van der Waals surface area contributed by atoms with Crippen LogP contribution < -0.4 is 14.8 Å². The first-order valence-corrected chi connectivity index (χ1v) is 14.8. The zero-order valence-corrected chi connectivity index (χ0v) is 25.6. The van der Waals surface area contributed by atoms with Gasteiger partial charge in [-0.2, -0.15) is 4.98 Å². The number of thioether (sulfide) groups is 1. The van der Waals surface area contributed by atoms with Gasteiger partial charge in [0.05, 0.1) is 12.7 Å². The van der Waals surface area contributed by atoms with Crippen molar-refractivity contribution in [3.05, 3.63) is 82.5 Å². The minimum atomic E-state index is -0.680. The van der Waals surface area contributed by atoms with E-state index in [0.717, 1.165) is 5.56 Å². The molecule has 0 spiro atoms. The molecular formula is C30H34ClN5O5S. The first kappa shape index (κ1) is 31.0. The molecule has 1 aliphatic heterocycles. The highest BCUT2D eigenvalue weighted by molar-refractivity contribution is 7.98. The van der Waals surface area contributed by atoms with Crippen LogP contribution in [-0.2, 0) is 20.1 Å². The number of esters is 1. The van der Waals surface area contributed by atoms with E-state index in [2.05, 4.69) is 16.9 Å². The van der Waals surface area contributed by atoms with Gasteiger partial charge in [0.25, 0.3) is 5.91 Å². The minimum Gasteiger partial charge on any atom is -0.493 e. The number of nitrogens with zero attached hydrogens (tertiary/aromatic N) is 4. The van der Waals surface area contributed by atoms with E-state index in [9.17, 15) is 9.59 Å². The Labute approximate surface area is 254 Å². The Morgan fingerprint density at radius 2 is 1.95 bits per heavy atom. The molecule has 0 radical (unpaired) electrons. The largest absolute Gasteiger partial charge is 0.493 e. The van der Waals surface area contributed by atoms with Crippen molar-refractivity contribution in [3.8, 4) is 11.5 Å². The van der Waals surface area contributed by atoms with Gasteiger partial charge < -0.3 is 24.4 Å². The predicted octanol–water partition coefficient (Wildman–Crippen LogP) is 5.50. The van der Waals surface area contributed by atoms with Gasteiger partial charge in [-0.25, -0.2) is 9.48 Å². The second kappa shape index (κ2) is 14.3. The van der Waals surface area contributed by atoms with Gasteiger partial charge in [-0.3, -0.25) is 4.79 Å². The molecule has 1 atom stereocenters. The van der Waals surface area contributed by atoms with Crippen LogP contribution in [0, 0.1) is 0 Å². The molecule has 1 amide bonds.